The molecular formula is C16H16ClN3O6. The number of carbonyl (C=O) groups excluding carboxylic acids is 2. The number of halogens is 1. The first kappa shape index (κ1) is 19.4. The van der Waals surface area contributed by atoms with Gasteiger partial charge in [-0.2, -0.15) is 0 Å². The van der Waals surface area contributed by atoms with Gasteiger partial charge in [0.05, 0.1) is 18.6 Å². The van der Waals surface area contributed by atoms with Crippen molar-refractivity contribution in [3.63, 3.8) is 0 Å². The Labute approximate surface area is 153 Å². The molecule has 26 heavy (non-hydrogen) atoms. The third-order valence-corrected chi connectivity index (χ3v) is 3.76. The Morgan fingerprint density at radius 1 is 1.42 bits per heavy atom. The molecule has 0 atom stereocenters. The first-order valence-corrected chi connectivity index (χ1v) is 8.01. The van der Waals surface area contributed by atoms with Crippen molar-refractivity contribution in [3.05, 3.63) is 56.7 Å². The second-order valence-electron chi connectivity index (χ2n) is 5.27. The van der Waals surface area contributed by atoms with E-state index in [-0.39, 0.29) is 34.4 Å². The summed E-state index contributed by atoms with van der Waals surface area (Å²) in [6.45, 7) is 2.24. The van der Waals surface area contributed by atoms with Crippen molar-refractivity contribution in [3.8, 4) is 0 Å². The third-order valence-electron chi connectivity index (χ3n) is 3.44. The Morgan fingerprint density at radius 3 is 2.77 bits per heavy atom. The average molecular weight is 382 g/mol. The van der Waals surface area contributed by atoms with E-state index < -0.39 is 16.8 Å². The van der Waals surface area contributed by atoms with E-state index in [1.54, 1.807) is 0 Å². The van der Waals surface area contributed by atoms with Crippen LogP contribution in [0.1, 0.15) is 40.1 Å². The van der Waals surface area contributed by atoms with E-state index in [1.807, 2.05) is 6.92 Å². The second-order valence-corrected chi connectivity index (χ2v) is 5.68. The number of carbonyl (C=O) groups is 2. The lowest BCUT2D eigenvalue weighted by molar-refractivity contribution is -0.384. The molecule has 1 aromatic carbocycles. The van der Waals surface area contributed by atoms with Gasteiger partial charge in [-0.05, 0) is 18.6 Å². The Morgan fingerprint density at radius 2 is 2.15 bits per heavy atom. The van der Waals surface area contributed by atoms with Crippen molar-refractivity contribution in [1.29, 1.82) is 0 Å². The molecule has 0 bridgehead atoms. The molecule has 2 aromatic rings. The summed E-state index contributed by atoms with van der Waals surface area (Å²) in [5.41, 5.74) is -0.235. The lowest BCUT2D eigenvalue weighted by Gasteiger charge is -2.20. The number of nitro benzene ring substituents is 1. The molecule has 1 aromatic heterocycles. The molecule has 138 valence electrons. The van der Waals surface area contributed by atoms with Gasteiger partial charge in [-0.1, -0.05) is 18.5 Å². The smallest absolute Gasteiger partial charge is 0.360 e. The largest absolute Gasteiger partial charge is 0.464 e. The fourth-order valence-corrected chi connectivity index (χ4v) is 2.42. The van der Waals surface area contributed by atoms with Crippen LogP contribution in [0.25, 0.3) is 0 Å². The van der Waals surface area contributed by atoms with Gasteiger partial charge < -0.3 is 14.1 Å². The minimum Gasteiger partial charge on any atom is -0.464 e. The van der Waals surface area contributed by atoms with Crippen molar-refractivity contribution in [2.45, 2.75) is 19.9 Å². The molecule has 1 amide bonds. The summed E-state index contributed by atoms with van der Waals surface area (Å²) in [6, 6.07) is 3.84. The van der Waals surface area contributed by atoms with E-state index in [0.717, 1.165) is 12.3 Å². The van der Waals surface area contributed by atoms with Gasteiger partial charge in [0.1, 0.15) is 11.3 Å². The topological polar surface area (TPSA) is 116 Å². The standard InChI is InChI=1S/C16H16ClN3O6/c1-3-6-19(8-14-18-12(9-26-14)16(22)25-2)15(21)10-4-5-11(17)13(7-10)20(23)24/h4-5,7,9H,3,6,8H2,1-2H3. The average Bonchev–Trinajstić information content (AvgIpc) is 3.09. The summed E-state index contributed by atoms with van der Waals surface area (Å²) >= 11 is 5.78. The Kier molecular flexibility index (Phi) is 6.29. The highest BCUT2D eigenvalue weighted by molar-refractivity contribution is 6.32. The van der Waals surface area contributed by atoms with Gasteiger partial charge in [-0.15, -0.1) is 0 Å². The highest BCUT2D eigenvalue weighted by Crippen LogP contribution is 2.26. The minimum absolute atomic E-state index is 0.0000909. The molecule has 0 saturated carbocycles. The number of nitro groups is 1. The number of esters is 1. The first-order valence-electron chi connectivity index (χ1n) is 7.63. The van der Waals surface area contributed by atoms with E-state index in [4.69, 9.17) is 16.0 Å². The number of amides is 1. The maximum Gasteiger partial charge on any atom is 0.360 e. The summed E-state index contributed by atoms with van der Waals surface area (Å²) in [5.74, 6) is -0.943. The molecule has 0 aliphatic rings. The molecule has 0 aliphatic carbocycles. The molecule has 0 aliphatic heterocycles. The number of oxazole rings is 1. The maximum absolute atomic E-state index is 12.7. The summed E-state index contributed by atoms with van der Waals surface area (Å²) in [7, 11) is 1.22. The van der Waals surface area contributed by atoms with Crippen LogP contribution in [0.15, 0.2) is 28.9 Å². The zero-order valence-corrected chi connectivity index (χ0v) is 14.9. The van der Waals surface area contributed by atoms with E-state index in [9.17, 15) is 19.7 Å². The summed E-state index contributed by atoms with van der Waals surface area (Å²) in [5, 5.41) is 11.0. The van der Waals surface area contributed by atoms with Gasteiger partial charge >= 0.3 is 5.97 Å². The Bertz CT molecular complexity index is 835. The number of aromatic nitrogens is 1. The monoisotopic (exact) mass is 381 g/mol. The van der Waals surface area contributed by atoms with Crippen LogP contribution in [0.4, 0.5) is 5.69 Å². The molecule has 0 N–H and O–H groups in total. The number of rotatable bonds is 7. The quantitative estimate of drug-likeness (QED) is 0.411. The van der Waals surface area contributed by atoms with Crippen LogP contribution in [-0.2, 0) is 11.3 Å². The van der Waals surface area contributed by atoms with Crippen molar-refractivity contribution in [2.75, 3.05) is 13.7 Å². The van der Waals surface area contributed by atoms with Crippen molar-refractivity contribution < 1.29 is 23.7 Å². The predicted molar refractivity (Wildman–Crippen MR) is 91.0 cm³/mol. The summed E-state index contributed by atoms with van der Waals surface area (Å²) in [6.07, 6.45) is 1.79. The molecule has 0 spiro atoms. The van der Waals surface area contributed by atoms with Crippen molar-refractivity contribution in [1.82, 2.24) is 9.88 Å². The zero-order chi connectivity index (χ0) is 19.3. The molecule has 0 unspecified atom stereocenters. The van der Waals surface area contributed by atoms with Gasteiger partial charge in [-0.3, -0.25) is 14.9 Å². The van der Waals surface area contributed by atoms with Gasteiger partial charge in [-0.25, -0.2) is 9.78 Å². The van der Waals surface area contributed by atoms with Crippen LogP contribution in [0.2, 0.25) is 5.02 Å². The normalized spacial score (nSPS) is 10.4. The highest BCUT2D eigenvalue weighted by atomic mass is 35.5. The number of hydrogen-bond donors (Lipinski definition) is 0. The lowest BCUT2D eigenvalue weighted by atomic mass is 10.1. The fraction of sp³-hybridized carbons (Fsp3) is 0.312. The van der Waals surface area contributed by atoms with E-state index in [0.29, 0.717) is 13.0 Å². The number of hydrogen-bond acceptors (Lipinski definition) is 7. The lowest BCUT2D eigenvalue weighted by Crippen LogP contribution is -2.31. The fourth-order valence-electron chi connectivity index (χ4n) is 2.24. The molecular weight excluding hydrogens is 366 g/mol. The number of ether oxygens (including phenoxy) is 1. The highest BCUT2D eigenvalue weighted by Gasteiger charge is 2.22. The van der Waals surface area contributed by atoms with E-state index in [1.165, 1.54) is 24.1 Å². The van der Waals surface area contributed by atoms with Crippen LogP contribution in [0.3, 0.4) is 0 Å². The van der Waals surface area contributed by atoms with Crippen LogP contribution >= 0.6 is 11.6 Å². The Hall–Kier alpha value is -2.94. The first-order chi connectivity index (χ1) is 12.4. The molecule has 0 radical (unpaired) electrons. The summed E-state index contributed by atoms with van der Waals surface area (Å²) in [4.78, 5) is 39.9. The second kappa shape index (κ2) is 8.43. The van der Waals surface area contributed by atoms with Crippen LogP contribution in [0, 0.1) is 10.1 Å². The van der Waals surface area contributed by atoms with Gasteiger partial charge in [0, 0.05) is 18.2 Å². The number of nitrogens with zero attached hydrogens (tertiary/aromatic N) is 3. The maximum atomic E-state index is 12.7. The predicted octanol–water partition coefficient (Wildman–Crippen LogP) is 3.08. The van der Waals surface area contributed by atoms with Crippen molar-refractivity contribution >= 4 is 29.2 Å². The molecule has 0 saturated heterocycles. The van der Waals surface area contributed by atoms with Crippen molar-refractivity contribution in [2.24, 2.45) is 0 Å². The van der Waals surface area contributed by atoms with Gasteiger partial charge in [0.25, 0.3) is 11.6 Å². The molecule has 10 heteroatoms. The summed E-state index contributed by atoms with van der Waals surface area (Å²) < 4.78 is 9.74. The molecule has 9 nitrogen and oxygen atoms in total. The number of methoxy groups -OCH3 is 1. The zero-order valence-electron chi connectivity index (χ0n) is 14.1. The Balaban J connectivity index is 2.25. The van der Waals surface area contributed by atoms with Gasteiger partial charge in [0.2, 0.25) is 5.89 Å². The van der Waals surface area contributed by atoms with Crippen LogP contribution in [0.5, 0.6) is 0 Å². The van der Waals surface area contributed by atoms with Crippen LogP contribution < -0.4 is 0 Å². The van der Waals surface area contributed by atoms with E-state index >= 15 is 0 Å². The molecule has 2 rings (SSSR count). The SMILES string of the molecule is CCCN(Cc1nc(C(=O)OC)co1)C(=O)c1ccc(Cl)c([N+](=O)[O-])c1. The molecule has 1 heterocycles. The molecule has 0 fully saturated rings. The minimum atomic E-state index is -0.653. The van der Waals surface area contributed by atoms with Crippen LogP contribution in [-0.4, -0.2) is 40.3 Å². The van der Waals surface area contributed by atoms with E-state index in [2.05, 4.69) is 9.72 Å². The number of benzene rings is 1. The third kappa shape index (κ3) is 4.37. The van der Waals surface area contributed by atoms with Gasteiger partial charge in [0.15, 0.2) is 5.69 Å².